The molecule has 248 valence electrons. The summed E-state index contributed by atoms with van der Waals surface area (Å²) in [4.78, 5) is 79.7. The van der Waals surface area contributed by atoms with Gasteiger partial charge in [0.1, 0.15) is 0 Å². The molecule has 0 aliphatic heterocycles. The first-order chi connectivity index (χ1) is 23.0. The first-order valence-corrected chi connectivity index (χ1v) is 13.7. The zero-order chi connectivity index (χ0) is 36.2. The normalized spacial score (nSPS) is 9.12. The summed E-state index contributed by atoms with van der Waals surface area (Å²) in [6, 6.07) is 25.6. The van der Waals surface area contributed by atoms with E-state index in [2.05, 4.69) is 4.74 Å². The van der Waals surface area contributed by atoms with E-state index in [1.807, 2.05) is 62.4 Å². The van der Waals surface area contributed by atoms with E-state index in [9.17, 15) is 19.2 Å². The molecular weight excluding hydrogens is 624 g/mol. The van der Waals surface area contributed by atoms with Crippen LogP contribution in [0.4, 0.5) is 0 Å². The number of aryl methyl sites for hydroxylation is 2. The molecule has 0 unspecified atom stereocenters. The molecule has 48 heavy (non-hydrogen) atoms. The van der Waals surface area contributed by atoms with Crippen LogP contribution in [-0.4, -0.2) is 64.6 Å². The average Bonchev–Trinajstić information content (AvgIpc) is 3.12. The van der Waals surface area contributed by atoms with Crippen LogP contribution < -0.4 is 0 Å². The summed E-state index contributed by atoms with van der Waals surface area (Å²) < 4.78 is 18.9. The van der Waals surface area contributed by atoms with Gasteiger partial charge in [-0.05, 0) is 71.5 Å². The highest BCUT2D eigenvalue weighted by Gasteiger charge is 2.20. The van der Waals surface area contributed by atoms with Gasteiger partial charge in [-0.25, -0.2) is 19.2 Å². The van der Waals surface area contributed by atoms with Crippen LogP contribution in [-0.2, 0) is 38.1 Å². The van der Waals surface area contributed by atoms with Gasteiger partial charge >= 0.3 is 36.2 Å². The zero-order valence-corrected chi connectivity index (χ0v) is 27.0. The third-order valence-corrected chi connectivity index (χ3v) is 6.61. The van der Waals surface area contributed by atoms with Crippen molar-refractivity contribution in [3.05, 3.63) is 118 Å². The van der Waals surface area contributed by atoms with Gasteiger partial charge in [0.15, 0.2) is 0 Å². The van der Waals surface area contributed by atoms with Crippen molar-refractivity contribution in [1.82, 2.24) is 0 Å². The maximum absolute atomic E-state index is 11.9. The molecule has 0 amide bonds. The third-order valence-electron chi connectivity index (χ3n) is 6.61. The fraction of sp³-hybridized carbons (Fsp3) is 0.167. The topological polar surface area (TPSA) is 173 Å². The molecule has 12 heteroatoms. The molecule has 0 aliphatic carbocycles. The Morgan fingerprint density at radius 3 is 1.12 bits per heavy atom. The van der Waals surface area contributed by atoms with Crippen LogP contribution in [0, 0.1) is 13.8 Å². The van der Waals surface area contributed by atoms with E-state index in [1.54, 1.807) is 36.4 Å². The molecule has 0 aliphatic rings. The van der Waals surface area contributed by atoms with Gasteiger partial charge in [-0.15, -0.1) is 0 Å². The third kappa shape index (κ3) is 11.1. The minimum Gasteiger partial charge on any atom is -0.465 e. The molecule has 0 spiro atoms. The minimum atomic E-state index is -0.566. The minimum absolute atomic E-state index is 0.194. The molecule has 4 aromatic rings. The molecule has 4 rings (SSSR count). The SMILES string of the molecule is COC(=O)c1ccc(-c2ccc(C)c(C)c2)cc1C(=O)OC.COC(=O)c1ccc(-c2ccccc2)cc1C(=O)OC.O=C=O.O=C=O. The summed E-state index contributed by atoms with van der Waals surface area (Å²) in [6.07, 6.45) is 0.500. The van der Waals surface area contributed by atoms with Gasteiger partial charge in [-0.3, -0.25) is 0 Å². The lowest BCUT2D eigenvalue weighted by molar-refractivity contribution is -0.193. The highest BCUT2D eigenvalue weighted by molar-refractivity contribution is 6.05. The standard InChI is InChI=1S/C18H18O4.C16H14O4.2CO2/c1-11-5-6-13(9-12(11)2)14-7-8-15(17(19)21-3)16(10-14)18(20)22-4;1-19-15(17)13-9-8-12(10-14(13)16(18)20-2)11-6-4-3-5-7-11;2*2-1-3/h5-10H,1-4H3;3-10H,1-2H3;;. The first kappa shape index (κ1) is 39.5. The van der Waals surface area contributed by atoms with Crippen LogP contribution >= 0.6 is 0 Å². The number of hydrogen-bond donors (Lipinski definition) is 0. The summed E-state index contributed by atoms with van der Waals surface area (Å²) in [6.45, 7) is 4.07. The van der Waals surface area contributed by atoms with Crippen molar-refractivity contribution in [3.8, 4) is 22.3 Å². The molecule has 0 aromatic heterocycles. The Morgan fingerprint density at radius 1 is 0.417 bits per heavy atom. The fourth-order valence-corrected chi connectivity index (χ4v) is 4.13. The van der Waals surface area contributed by atoms with Crippen molar-refractivity contribution in [3.63, 3.8) is 0 Å². The number of methoxy groups -OCH3 is 4. The van der Waals surface area contributed by atoms with E-state index in [0.717, 1.165) is 27.8 Å². The Hall–Kier alpha value is -6.48. The number of ether oxygens (including phenoxy) is 4. The summed E-state index contributed by atoms with van der Waals surface area (Å²) in [5.74, 6) is -2.26. The lowest BCUT2D eigenvalue weighted by atomic mass is 9.96. The number of carbonyl (C=O) groups excluding carboxylic acids is 8. The molecule has 0 radical (unpaired) electrons. The Bertz CT molecular complexity index is 1790. The molecule has 0 bridgehead atoms. The van der Waals surface area contributed by atoms with E-state index in [-0.39, 0.29) is 34.6 Å². The smallest absolute Gasteiger partial charge is 0.373 e. The van der Waals surface area contributed by atoms with Crippen LogP contribution in [0.3, 0.4) is 0 Å². The van der Waals surface area contributed by atoms with Gasteiger partial charge in [0.2, 0.25) is 0 Å². The fourth-order valence-electron chi connectivity index (χ4n) is 4.13. The lowest BCUT2D eigenvalue weighted by Crippen LogP contribution is -2.11. The summed E-state index contributed by atoms with van der Waals surface area (Å²) in [5.41, 5.74) is 6.75. The van der Waals surface area contributed by atoms with E-state index < -0.39 is 23.9 Å². The highest BCUT2D eigenvalue weighted by Crippen LogP contribution is 2.26. The summed E-state index contributed by atoms with van der Waals surface area (Å²) in [7, 11) is 5.11. The van der Waals surface area contributed by atoms with Gasteiger partial charge in [0.05, 0.1) is 50.7 Å². The molecule has 0 heterocycles. The van der Waals surface area contributed by atoms with Crippen molar-refractivity contribution in [2.45, 2.75) is 13.8 Å². The van der Waals surface area contributed by atoms with Crippen molar-refractivity contribution in [2.75, 3.05) is 28.4 Å². The molecular formula is C36H32O12. The molecule has 12 nitrogen and oxygen atoms in total. The van der Waals surface area contributed by atoms with Crippen molar-refractivity contribution >= 4 is 36.2 Å². The van der Waals surface area contributed by atoms with E-state index in [4.69, 9.17) is 33.4 Å². The highest BCUT2D eigenvalue weighted by atomic mass is 16.5. The number of benzene rings is 4. The van der Waals surface area contributed by atoms with Gasteiger partial charge in [-0.2, -0.15) is 19.2 Å². The summed E-state index contributed by atoms with van der Waals surface area (Å²) >= 11 is 0. The maximum Gasteiger partial charge on any atom is 0.373 e. The van der Waals surface area contributed by atoms with Gasteiger partial charge in [0.25, 0.3) is 0 Å². The average molecular weight is 657 g/mol. The van der Waals surface area contributed by atoms with E-state index in [0.29, 0.717) is 0 Å². The predicted molar refractivity (Wildman–Crippen MR) is 169 cm³/mol. The Balaban J connectivity index is 0.000000414. The van der Waals surface area contributed by atoms with Crippen LogP contribution in [0.1, 0.15) is 52.6 Å². The van der Waals surface area contributed by atoms with Crippen LogP contribution in [0.2, 0.25) is 0 Å². The largest absolute Gasteiger partial charge is 0.465 e. The monoisotopic (exact) mass is 656 g/mol. The molecule has 0 N–H and O–H groups in total. The molecule has 0 fully saturated rings. The second-order valence-corrected chi connectivity index (χ2v) is 9.32. The maximum atomic E-state index is 11.9. The van der Waals surface area contributed by atoms with Gasteiger partial charge in [0, 0.05) is 0 Å². The molecule has 0 atom stereocenters. The zero-order valence-electron chi connectivity index (χ0n) is 27.0. The number of hydrogen-bond acceptors (Lipinski definition) is 12. The number of carbonyl (C=O) groups is 4. The second kappa shape index (κ2) is 20.5. The first-order valence-electron chi connectivity index (χ1n) is 13.7. The van der Waals surface area contributed by atoms with Crippen LogP contribution in [0.5, 0.6) is 0 Å². The second-order valence-electron chi connectivity index (χ2n) is 9.32. The van der Waals surface area contributed by atoms with Crippen LogP contribution in [0.15, 0.2) is 84.9 Å². The molecule has 0 saturated heterocycles. The van der Waals surface area contributed by atoms with Crippen molar-refractivity contribution in [1.29, 1.82) is 0 Å². The number of rotatable bonds is 6. The van der Waals surface area contributed by atoms with Crippen LogP contribution in [0.25, 0.3) is 22.3 Å². The number of esters is 4. The molecule has 4 aromatic carbocycles. The lowest BCUT2D eigenvalue weighted by Gasteiger charge is -2.10. The van der Waals surface area contributed by atoms with Gasteiger partial charge < -0.3 is 18.9 Å². The summed E-state index contributed by atoms with van der Waals surface area (Å²) in [5, 5.41) is 0. The van der Waals surface area contributed by atoms with Gasteiger partial charge in [-0.1, -0.05) is 60.7 Å². The molecule has 0 saturated carbocycles. The van der Waals surface area contributed by atoms with E-state index in [1.165, 1.54) is 34.0 Å². The Labute approximate surface area is 276 Å². The van der Waals surface area contributed by atoms with Crippen molar-refractivity contribution in [2.24, 2.45) is 0 Å². The Morgan fingerprint density at radius 2 is 0.750 bits per heavy atom. The quantitative estimate of drug-likeness (QED) is 0.194. The Kier molecular flexibility index (Phi) is 16.9. The predicted octanol–water partition coefficient (Wildman–Crippen LogP) is 5.30. The van der Waals surface area contributed by atoms with Crippen molar-refractivity contribution < 1.29 is 57.3 Å². The van der Waals surface area contributed by atoms with E-state index >= 15 is 0 Å².